The Balaban J connectivity index is 2.72. The lowest BCUT2D eigenvalue weighted by Gasteiger charge is -2.19. The van der Waals surface area contributed by atoms with Crippen LogP contribution in [-0.4, -0.2) is 16.7 Å². The van der Waals surface area contributed by atoms with Gasteiger partial charge in [0.2, 0.25) is 0 Å². The molecule has 1 N–H and O–H groups in total. The highest BCUT2D eigenvalue weighted by molar-refractivity contribution is 5.72. The number of carbonyl (C=O) groups is 1. The van der Waals surface area contributed by atoms with E-state index in [0.29, 0.717) is 12.8 Å². The molecule has 10 heavy (non-hydrogen) atoms. The zero-order valence-corrected chi connectivity index (χ0v) is 5.89. The topological polar surface area (TPSA) is 46.5 Å². The summed E-state index contributed by atoms with van der Waals surface area (Å²) in [4.78, 5) is 10.6. The number of carbonyl (C=O) groups excluding carboxylic acids is 1. The molecule has 1 aliphatic heterocycles. The summed E-state index contributed by atoms with van der Waals surface area (Å²) in [7, 11) is 0. The Morgan fingerprint density at radius 1 is 1.90 bits per heavy atom. The maximum absolute atomic E-state index is 10.6. The lowest BCUT2D eigenvalue weighted by Crippen LogP contribution is -2.25. The molecule has 56 valence electrons. The number of rotatable bonds is 1. The van der Waals surface area contributed by atoms with Gasteiger partial charge in [-0.1, -0.05) is 6.58 Å². The van der Waals surface area contributed by atoms with Crippen LogP contribution in [0.5, 0.6) is 0 Å². The summed E-state index contributed by atoms with van der Waals surface area (Å²) in [6, 6.07) is 0. The molecule has 0 saturated carbocycles. The van der Waals surface area contributed by atoms with Crippen molar-refractivity contribution in [3.05, 3.63) is 12.3 Å². The van der Waals surface area contributed by atoms with E-state index in [-0.39, 0.29) is 11.7 Å². The number of esters is 1. The molecule has 0 aromatic heterocycles. The first kappa shape index (κ1) is 7.12. The molecule has 1 aliphatic rings. The second-order valence-electron chi connectivity index (χ2n) is 2.65. The van der Waals surface area contributed by atoms with E-state index in [2.05, 4.69) is 6.58 Å². The summed E-state index contributed by atoms with van der Waals surface area (Å²) >= 11 is 0. The highest BCUT2D eigenvalue weighted by atomic mass is 16.6. The summed E-state index contributed by atoms with van der Waals surface area (Å²) in [5, 5.41) is 8.96. The zero-order valence-electron chi connectivity index (χ0n) is 5.89. The van der Waals surface area contributed by atoms with E-state index in [1.165, 1.54) is 0 Å². The van der Waals surface area contributed by atoms with Crippen LogP contribution >= 0.6 is 0 Å². The second kappa shape index (κ2) is 2.01. The Labute approximate surface area is 59.3 Å². The fourth-order valence-electron chi connectivity index (χ4n) is 0.897. The standard InChI is InChI=1S/C7H10O3/c1-5(8)7(2)4-3-6(9)10-7/h8H,1,3-4H2,2H3. The van der Waals surface area contributed by atoms with Gasteiger partial charge < -0.3 is 9.84 Å². The summed E-state index contributed by atoms with van der Waals surface area (Å²) < 4.78 is 4.82. The van der Waals surface area contributed by atoms with Crippen molar-refractivity contribution in [1.29, 1.82) is 0 Å². The van der Waals surface area contributed by atoms with Crippen molar-refractivity contribution in [3.8, 4) is 0 Å². The van der Waals surface area contributed by atoms with Gasteiger partial charge >= 0.3 is 5.97 Å². The van der Waals surface area contributed by atoms with Gasteiger partial charge in [-0.2, -0.15) is 0 Å². The lowest BCUT2D eigenvalue weighted by atomic mass is 10.0. The Kier molecular flexibility index (Phi) is 1.43. The van der Waals surface area contributed by atoms with E-state index in [1.54, 1.807) is 6.92 Å². The highest BCUT2D eigenvalue weighted by Gasteiger charge is 2.38. The molecule has 0 radical (unpaired) electrons. The van der Waals surface area contributed by atoms with Crippen LogP contribution in [0.1, 0.15) is 19.8 Å². The van der Waals surface area contributed by atoms with Crippen LogP contribution in [0.4, 0.5) is 0 Å². The Morgan fingerprint density at radius 3 is 2.70 bits per heavy atom. The van der Waals surface area contributed by atoms with Crippen LogP contribution in [0.15, 0.2) is 12.3 Å². The molecule has 3 nitrogen and oxygen atoms in total. The van der Waals surface area contributed by atoms with Gasteiger partial charge in [-0.25, -0.2) is 0 Å². The summed E-state index contributed by atoms with van der Waals surface area (Å²) in [6.45, 7) is 4.97. The number of aliphatic hydroxyl groups is 1. The minimum absolute atomic E-state index is 0.0710. The molecule has 1 heterocycles. The number of ether oxygens (including phenoxy) is 1. The van der Waals surface area contributed by atoms with E-state index in [9.17, 15) is 4.79 Å². The van der Waals surface area contributed by atoms with E-state index < -0.39 is 5.60 Å². The quantitative estimate of drug-likeness (QED) is 0.441. The first-order valence-electron chi connectivity index (χ1n) is 3.15. The van der Waals surface area contributed by atoms with Crippen molar-refractivity contribution in [2.75, 3.05) is 0 Å². The monoisotopic (exact) mass is 142 g/mol. The predicted molar refractivity (Wildman–Crippen MR) is 35.5 cm³/mol. The third-order valence-corrected chi connectivity index (χ3v) is 1.76. The molecule has 0 bridgehead atoms. The van der Waals surface area contributed by atoms with Gasteiger partial charge in [0.05, 0.1) is 0 Å². The lowest BCUT2D eigenvalue weighted by molar-refractivity contribution is -0.146. The van der Waals surface area contributed by atoms with Gasteiger partial charge in [-0.3, -0.25) is 4.79 Å². The average molecular weight is 142 g/mol. The molecule has 0 spiro atoms. The summed E-state index contributed by atoms with van der Waals surface area (Å²) in [5.41, 5.74) is -0.822. The second-order valence-corrected chi connectivity index (χ2v) is 2.65. The van der Waals surface area contributed by atoms with Crippen molar-refractivity contribution in [2.24, 2.45) is 0 Å². The number of cyclic esters (lactones) is 1. The van der Waals surface area contributed by atoms with Crippen LogP contribution in [-0.2, 0) is 9.53 Å². The Bertz CT molecular complexity index is 185. The Hall–Kier alpha value is -0.990. The molecule has 0 aliphatic carbocycles. The molecule has 1 atom stereocenters. The molecule has 1 rings (SSSR count). The van der Waals surface area contributed by atoms with Crippen LogP contribution in [0.2, 0.25) is 0 Å². The van der Waals surface area contributed by atoms with E-state index in [4.69, 9.17) is 9.84 Å². The maximum Gasteiger partial charge on any atom is 0.306 e. The minimum atomic E-state index is -0.822. The van der Waals surface area contributed by atoms with Gasteiger partial charge in [0.1, 0.15) is 5.76 Å². The van der Waals surface area contributed by atoms with Gasteiger partial charge in [0, 0.05) is 12.8 Å². The number of aliphatic hydroxyl groups excluding tert-OH is 1. The van der Waals surface area contributed by atoms with E-state index in [0.717, 1.165) is 0 Å². The molecular formula is C7H10O3. The molecule has 0 aromatic rings. The van der Waals surface area contributed by atoms with Crippen LogP contribution in [0.25, 0.3) is 0 Å². The first-order chi connectivity index (χ1) is 4.54. The van der Waals surface area contributed by atoms with Gasteiger partial charge in [0.25, 0.3) is 0 Å². The summed E-state index contributed by atoms with van der Waals surface area (Å²) in [6.07, 6.45) is 0.900. The Morgan fingerprint density at radius 2 is 2.50 bits per heavy atom. The van der Waals surface area contributed by atoms with Crippen molar-refractivity contribution in [1.82, 2.24) is 0 Å². The van der Waals surface area contributed by atoms with Crippen LogP contribution in [0.3, 0.4) is 0 Å². The maximum atomic E-state index is 10.6. The van der Waals surface area contributed by atoms with E-state index >= 15 is 0 Å². The van der Waals surface area contributed by atoms with Crippen molar-refractivity contribution in [3.63, 3.8) is 0 Å². The van der Waals surface area contributed by atoms with Crippen molar-refractivity contribution >= 4 is 5.97 Å². The largest absolute Gasteiger partial charge is 0.509 e. The normalized spacial score (nSPS) is 31.9. The predicted octanol–water partition coefficient (Wildman–Crippen LogP) is 1.15. The van der Waals surface area contributed by atoms with Crippen molar-refractivity contribution < 1.29 is 14.6 Å². The first-order valence-corrected chi connectivity index (χ1v) is 3.15. The van der Waals surface area contributed by atoms with Gasteiger partial charge in [-0.05, 0) is 6.92 Å². The fourth-order valence-corrected chi connectivity index (χ4v) is 0.897. The highest BCUT2D eigenvalue weighted by Crippen LogP contribution is 2.30. The third-order valence-electron chi connectivity index (χ3n) is 1.76. The molecule has 1 fully saturated rings. The molecule has 1 saturated heterocycles. The summed E-state index contributed by atoms with van der Waals surface area (Å²) in [5.74, 6) is -0.337. The van der Waals surface area contributed by atoms with Crippen LogP contribution in [0, 0.1) is 0 Å². The fraction of sp³-hybridized carbons (Fsp3) is 0.571. The molecule has 1 unspecified atom stereocenters. The average Bonchev–Trinajstić information content (AvgIpc) is 2.13. The van der Waals surface area contributed by atoms with Gasteiger partial charge in [-0.15, -0.1) is 0 Å². The van der Waals surface area contributed by atoms with Crippen LogP contribution < -0.4 is 0 Å². The minimum Gasteiger partial charge on any atom is -0.509 e. The number of hydrogen-bond donors (Lipinski definition) is 1. The SMILES string of the molecule is C=C(O)C1(C)CCC(=O)O1. The molecule has 0 amide bonds. The number of hydrogen-bond acceptors (Lipinski definition) is 3. The molecule has 3 heteroatoms. The van der Waals surface area contributed by atoms with Gasteiger partial charge in [0.15, 0.2) is 5.60 Å². The zero-order chi connectivity index (χ0) is 7.78. The van der Waals surface area contributed by atoms with Crippen molar-refractivity contribution in [2.45, 2.75) is 25.4 Å². The van der Waals surface area contributed by atoms with E-state index in [1.807, 2.05) is 0 Å². The third kappa shape index (κ3) is 0.988. The smallest absolute Gasteiger partial charge is 0.306 e. The molecule has 0 aromatic carbocycles. The molecular weight excluding hydrogens is 132 g/mol.